The summed E-state index contributed by atoms with van der Waals surface area (Å²) in [5, 5.41) is 11.4. The third-order valence-electron chi connectivity index (χ3n) is 29.2. The van der Waals surface area contributed by atoms with Gasteiger partial charge in [0.1, 0.15) is 17.3 Å². The van der Waals surface area contributed by atoms with Gasteiger partial charge in [-0.1, -0.05) is 27.2 Å². The van der Waals surface area contributed by atoms with E-state index in [-0.39, 0.29) is 70.8 Å². The molecule has 11 aliphatic rings. The Hall–Kier alpha value is -2.90. The standard InChI is InChI=1S/C13H27N.C11H20F3N.2C11H18F2N4.C10H20FN.C10H21N.C9H20N2.C9H19N.2C8H17N.C7H13F2N/c1-11(2,3)14-12(4,5)9-8-10-13(14,6)7;1-9(2,3)15-7-5-10(4,6-8-15)11(12,13)14;1-10(2,3)16-5-6-17-8(7-16)14-15-9(17)11(4,12)13;1-10(2,3)16-5-6-17-8(7-16)14-9(15-17)11(4,12)13;1-9(2,3)12-7-5-10(4,11)6-8-12;1-9-5-7-11(8-6-9)10(2,3)4;1-9(2,3)11-7-5-10(4)6-8-11;1-9(2,3)10-7-5-4-6-8-10;1-7-5-9(6-7)8(2,3)4;1-8(2,3)9-6-4-5-7-9;1-6(2,3)10-4-7(8,9)5-10/h8-10H2,1-7H3;5-8H2,1-4H3;2*5-7H2,1-4H3;5-8H2,1-4H3;9H,5-8H2,1-4H3;5-8H2,1-4H3;4-8H2,1-3H3;7H,5-6H2,1-4H3;4-7H2,1-3H3;4-5H2,1-3H3. The van der Waals surface area contributed by atoms with Crippen molar-refractivity contribution in [1.29, 1.82) is 0 Å². The average molecular weight is 1940 g/mol. The molecule has 0 aromatic carbocycles. The van der Waals surface area contributed by atoms with Crippen LogP contribution in [-0.4, -0.2) is 316 Å². The van der Waals surface area contributed by atoms with Gasteiger partial charge in [0.2, 0.25) is 11.6 Å². The highest BCUT2D eigenvalue weighted by atomic mass is 19.4. The van der Waals surface area contributed by atoms with Crippen LogP contribution in [0.4, 0.5) is 43.9 Å². The van der Waals surface area contributed by atoms with E-state index in [1.165, 1.54) is 150 Å². The van der Waals surface area contributed by atoms with Crippen molar-refractivity contribution in [2.24, 2.45) is 17.3 Å². The Kier molecular flexibility index (Phi) is 45.7. The van der Waals surface area contributed by atoms with Gasteiger partial charge in [0.05, 0.1) is 38.1 Å². The number of halogens is 10. The highest BCUT2D eigenvalue weighted by Crippen LogP contribution is 2.48. The van der Waals surface area contributed by atoms with Crippen molar-refractivity contribution >= 4 is 0 Å². The van der Waals surface area contributed by atoms with Gasteiger partial charge in [-0.15, -0.1) is 15.3 Å². The minimum absolute atomic E-state index is 0.0199. The zero-order valence-corrected chi connectivity index (χ0v) is 95.4. The van der Waals surface area contributed by atoms with E-state index < -0.39 is 35.0 Å². The van der Waals surface area contributed by atoms with E-state index in [9.17, 15) is 43.9 Å². The smallest absolute Gasteiger partial charge is 0.308 e. The molecule has 0 aliphatic carbocycles. The summed E-state index contributed by atoms with van der Waals surface area (Å²) in [5.41, 5.74) is 0.679. The van der Waals surface area contributed by atoms with Crippen LogP contribution in [0.25, 0.3) is 0 Å². The summed E-state index contributed by atoms with van der Waals surface area (Å²) in [7, 11) is 2.19. The molecule has 798 valence electrons. The van der Waals surface area contributed by atoms with Crippen molar-refractivity contribution < 1.29 is 43.9 Å². The fourth-order valence-corrected chi connectivity index (χ4v) is 19.7. The number of piperazine rings is 1. The maximum atomic E-state index is 13.4. The number of likely N-dealkylation sites (tertiary alicyclic amines) is 8. The Bertz CT molecular complexity index is 3580. The van der Waals surface area contributed by atoms with Gasteiger partial charge < -0.3 is 9.47 Å². The maximum absolute atomic E-state index is 13.4. The number of likely N-dealkylation sites (N-methyl/N-ethyl adjacent to an activating group) is 1. The predicted molar refractivity (Wildman–Crippen MR) is 549 cm³/mol. The van der Waals surface area contributed by atoms with Crippen molar-refractivity contribution in [2.45, 2.75) is 515 Å². The van der Waals surface area contributed by atoms with Gasteiger partial charge in [0.25, 0.3) is 5.92 Å². The second-order valence-electron chi connectivity index (χ2n) is 54.3. The number of piperidine rings is 5. The van der Waals surface area contributed by atoms with Crippen LogP contribution in [0.3, 0.4) is 0 Å². The van der Waals surface area contributed by atoms with E-state index in [2.05, 4.69) is 310 Å². The Balaban J connectivity index is 0.000000385. The summed E-state index contributed by atoms with van der Waals surface area (Å²) in [4.78, 5) is 32.5. The molecule has 0 radical (unpaired) electrons. The zero-order valence-electron chi connectivity index (χ0n) is 95.4. The molecule has 28 heteroatoms. The Labute approximate surface area is 821 Å². The molecule has 2 aromatic rings. The minimum atomic E-state index is -4.06. The maximum Gasteiger partial charge on any atom is 0.394 e. The Morgan fingerprint density at radius 3 is 0.933 bits per heavy atom. The van der Waals surface area contributed by atoms with E-state index in [0.29, 0.717) is 103 Å². The summed E-state index contributed by atoms with van der Waals surface area (Å²) < 4.78 is 132. The van der Waals surface area contributed by atoms with Crippen LogP contribution < -0.4 is 0 Å². The van der Waals surface area contributed by atoms with Gasteiger partial charge in [-0.25, -0.2) is 22.8 Å². The lowest BCUT2D eigenvalue weighted by Crippen LogP contribution is -2.65. The lowest BCUT2D eigenvalue weighted by atomic mass is 9.76. The van der Waals surface area contributed by atoms with E-state index in [1.807, 2.05) is 41.5 Å². The summed E-state index contributed by atoms with van der Waals surface area (Å²) in [5.74, 6) is -5.76. The number of aromatic nitrogens is 6. The van der Waals surface area contributed by atoms with Crippen molar-refractivity contribution in [3.05, 3.63) is 23.3 Å². The molecule has 0 unspecified atom stereocenters. The van der Waals surface area contributed by atoms with Crippen LogP contribution >= 0.6 is 0 Å². The highest BCUT2D eigenvalue weighted by molar-refractivity contribution is 5.07. The first-order valence-electron chi connectivity index (χ1n) is 52.1. The van der Waals surface area contributed by atoms with E-state index in [0.717, 1.165) is 51.9 Å². The number of rotatable bonds is 2. The van der Waals surface area contributed by atoms with Crippen molar-refractivity contribution in [3.8, 4) is 0 Å². The number of fused-ring (bicyclic) bond motifs is 2. The molecule has 0 atom stereocenters. The van der Waals surface area contributed by atoms with E-state index >= 15 is 0 Å². The zero-order chi connectivity index (χ0) is 105. The van der Waals surface area contributed by atoms with Gasteiger partial charge in [0, 0.05) is 158 Å². The van der Waals surface area contributed by atoms with Crippen molar-refractivity contribution in [2.75, 3.05) is 138 Å². The minimum Gasteiger partial charge on any atom is -0.308 e. The predicted octanol–water partition coefficient (Wildman–Crippen LogP) is 25.1. The second kappa shape index (κ2) is 48.9. The fraction of sp³-hybridized carbons (Fsp3) is 0.963. The molecule has 0 bridgehead atoms. The molecule has 0 amide bonds. The molecule has 18 nitrogen and oxygen atoms in total. The number of hydrogen-bond acceptors (Lipinski definition) is 16. The monoisotopic (exact) mass is 1940 g/mol. The molecule has 13 rings (SSSR count). The van der Waals surface area contributed by atoms with Crippen LogP contribution in [0, 0.1) is 17.3 Å². The first-order chi connectivity index (χ1) is 60.3. The van der Waals surface area contributed by atoms with E-state index in [4.69, 9.17) is 0 Å². The first kappa shape index (κ1) is 126. The summed E-state index contributed by atoms with van der Waals surface area (Å²) >= 11 is 0. The first-order valence-corrected chi connectivity index (χ1v) is 52.1. The van der Waals surface area contributed by atoms with E-state index in [1.54, 1.807) is 21.1 Å². The molecule has 0 spiro atoms. The van der Waals surface area contributed by atoms with Crippen molar-refractivity contribution in [3.63, 3.8) is 0 Å². The van der Waals surface area contributed by atoms with Gasteiger partial charge in [-0.2, -0.15) is 30.7 Å². The molecule has 13 heterocycles. The summed E-state index contributed by atoms with van der Waals surface area (Å²) in [6.07, 6.45) is 11.6. The summed E-state index contributed by atoms with van der Waals surface area (Å²) in [6.45, 7) is 113. The third-order valence-corrected chi connectivity index (χ3v) is 29.2. The van der Waals surface area contributed by atoms with Crippen LogP contribution in [0.1, 0.15) is 411 Å². The van der Waals surface area contributed by atoms with Crippen LogP contribution in [0.2, 0.25) is 0 Å². The molecule has 2 aromatic heterocycles. The molecule has 11 aliphatic heterocycles. The Morgan fingerprint density at radius 2 is 0.630 bits per heavy atom. The second-order valence-corrected chi connectivity index (χ2v) is 54.3. The van der Waals surface area contributed by atoms with Gasteiger partial charge in [-0.3, -0.25) is 53.9 Å². The van der Waals surface area contributed by atoms with Gasteiger partial charge in [-0.05, 0) is 418 Å². The van der Waals surface area contributed by atoms with Crippen LogP contribution in [-0.2, 0) is 38.0 Å². The van der Waals surface area contributed by atoms with Crippen molar-refractivity contribution in [1.82, 2.24) is 88.3 Å². The molecule has 9 fully saturated rings. The normalized spacial score (nSPS) is 23.1. The molecule has 0 saturated carbocycles. The Morgan fingerprint density at radius 1 is 0.304 bits per heavy atom. The lowest BCUT2D eigenvalue weighted by molar-refractivity contribution is -0.233. The quantitative estimate of drug-likeness (QED) is 0.266. The highest BCUT2D eigenvalue weighted by Gasteiger charge is 2.54. The fourth-order valence-electron chi connectivity index (χ4n) is 19.7. The largest absolute Gasteiger partial charge is 0.394 e. The van der Waals surface area contributed by atoms with Crippen LogP contribution in [0.5, 0.6) is 0 Å². The third kappa shape index (κ3) is 43.5. The average Bonchev–Trinajstić information content (AvgIpc) is 1.64. The number of nitrogens with zero attached hydrogens (tertiary/aromatic N) is 18. The molecule has 0 N–H and O–H groups in total. The molecule has 135 heavy (non-hydrogen) atoms. The number of hydrogen-bond donors (Lipinski definition) is 0. The molecular formula is C107H210F10N18. The summed E-state index contributed by atoms with van der Waals surface area (Å²) in [6, 6.07) is 0. The van der Waals surface area contributed by atoms with Crippen LogP contribution in [0.15, 0.2) is 0 Å². The van der Waals surface area contributed by atoms with Gasteiger partial charge >= 0.3 is 18.0 Å². The molecule has 9 saturated heterocycles. The number of alkyl halides is 10. The van der Waals surface area contributed by atoms with Gasteiger partial charge in [0.15, 0.2) is 0 Å². The SMILES string of the molecule is CC(C)(C)N1C(C)(C)CCCC1(C)C.CC(C)(C)N1CC(F)(F)C1.CC(C)(C)N1CCC(C)(C(F)(F)F)CC1.CC(C)(C)N1CCCC1.CC(C)(C)N1CCCCC1.CC(F)(F)c1nc2n(n1)CCN(C(C)(C)C)C2.CC(F)(F)c1nnc2n1CCN(C(C)(C)C)C2.CC1(F)CCN(C(C)(C)C)CC1.CC1CCN(C(C)(C)C)CC1.CC1CN(C(C)(C)C)C1.CN1CCN(C(C)(C)C)CC1. The topological polar surface area (TPSA) is 100 Å². The lowest BCUT2D eigenvalue weighted by Gasteiger charge is -2.59. The molecular weight excluding hydrogens is 1730 g/mol.